The maximum atomic E-state index is 6.12. The van der Waals surface area contributed by atoms with Crippen LogP contribution in [0.2, 0.25) is 5.02 Å². The Balaban J connectivity index is 1.63. The summed E-state index contributed by atoms with van der Waals surface area (Å²) < 4.78 is 0. The number of likely N-dealkylation sites (tertiary alicyclic amines) is 1. The van der Waals surface area contributed by atoms with Crippen LogP contribution in [0, 0.1) is 5.92 Å². The fraction of sp³-hybridized carbons (Fsp3) is 0.600. The number of hydrogen-bond acceptors (Lipinski definition) is 2. The third kappa shape index (κ3) is 4.27. The molecular weight excluding hydrogens is 244 g/mol. The molecule has 0 saturated carbocycles. The lowest BCUT2D eigenvalue weighted by atomic mass is 9.99. The Morgan fingerprint density at radius 1 is 1.28 bits per heavy atom. The molecule has 3 heteroatoms. The molecule has 0 amide bonds. The van der Waals surface area contributed by atoms with Crippen molar-refractivity contribution in [1.29, 1.82) is 0 Å². The van der Waals surface area contributed by atoms with Crippen molar-refractivity contribution in [2.45, 2.75) is 26.3 Å². The fourth-order valence-corrected chi connectivity index (χ4v) is 2.59. The van der Waals surface area contributed by atoms with E-state index in [4.69, 9.17) is 11.6 Å². The monoisotopic (exact) mass is 266 g/mol. The zero-order valence-corrected chi connectivity index (χ0v) is 11.9. The van der Waals surface area contributed by atoms with E-state index in [1.807, 2.05) is 18.2 Å². The summed E-state index contributed by atoms with van der Waals surface area (Å²) in [6, 6.07) is 8.04. The van der Waals surface area contributed by atoms with E-state index in [1.54, 1.807) is 0 Å². The van der Waals surface area contributed by atoms with E-state index < -0.39 is 0 Å². The van der Waals surface area contributed by atoms with Crippen LogP contribution >= 0.6 is 11.6 Å². The van der Waals surface area contributed by atoms with E-state index in [2.05, 4.69) is 23.2 Å². The van der Waals surface area contributed by atoms with Crippen molar-refractivity contribution < 1.29 is 0 Å². The minimum atomic E-state index is 0.858. The minimum Gasteiger partial charge on any atom is -0.311 e. The topological polar surface area (TPSA) is 15.3 Å². The molecule has 1 N–H and O–H groups in total. The van der Waals surface area contributed by atoms with Crippen molar-refractivity contribution in [3.63, 3.8) is 0 Å². The second-order valence-corrected chi connectivity index (χ2v) is 5.70. The number of benzene rings is 1. The lowest BCUT2D eigenvalue weighted by molar-refractivity contribution is 0.193. The Kier molecular flexibility index (Phi) is 5.48. The first kappa shape index (κ1) is 13.9. The van der Waals surface area contributed by atoms with Gasteiger partial charge < -0.3 is 10.2 Å². The molecule has 0 atom stereocenters. The first-order chi connectivity index (χ1) is 8.75. The molecule has 1 aromatic rings. The number of piperidine rings is 1. The lowest BCUT2D eigenvalue weighted by Gasteiger charge is -2.30. The molecule has 0 aromatic heterocycles. The van der Waals surface area contributed by atoms with Gasteiger partial charge in [0.15, 0.2) is 0 Å². The SMILES string of the molecule is CC1CCN(CCNCc2ccccc2Cl)CC1. The molecule has 0 aliphatic carbocycles. The maximum Gasteiger partial charge on any atom is 0.0450 e. The van der Waals surface area contributed by atoms with Gasteiger partial charge in [-0.25, -0.2) is 0 Å². The van der Waals surface area contributed by atoms with Gasteiger partial charge in [-0.3, -0.25) is 0 Å². The Morgan fingerprint density at radius 2 is 2.00 bits per heavy atom. The molecule has 0 spiro atoms. The Labute approximate surface area is 115 Å². The standard InChI is InChI=1S/C15H23ClN2/c1-13-6-9-18(10-7-13)11-8-17-12-14-4-2-3-5-15(14)16/h2-5,13,17H,6-12H2,1H3. The predicted octanol–water partition coefficient (Wildman–Crippen LogP) is 3.16. The summed E-state index contributed by atoms with van der Waals surface area (Å²) in [7, 11) is 0. The van der Waals surface area contributed by atoms with E-state index in [1.165, 1.54) is 31.5 Å². The van der Waals surface area contributed by atoms with Crippen molar-refractivity contribution in [1.82, 2.24) is 10.2 Å². The number of nitrogens with zero attached hydrogens (tertiary/aromatic N) is 1. The molecule has 1 aliphatic rings. The van der Waals surface area contributed by atoms with E-state index in [0.717, 1.165) is 30.6 Å². The molecule has 100 valence electrons. The molecule has 0 bridgehead atoms. The van der Waals surface area contributed by atoms with Gasteiger partial charge in [0.25, 0.3) is 0 Å². The van der Waals surface area contributed by atoms with Gasteiger partial charge in [0.2, 0.25) is 0 Å². The predicted molar refractivity (Wildman–Crippen MR) is 78.0 cm³/mol. The molecule has 1 heterocycles. The summed E-state index contributed by atoms with van der Waals surface area (Å²) in [5.41, 5.74) is 1.19. The Bertz CT molecular complexity index is 359. The first-order valence-corrected chi connectivity index (χ1v) is 7.30. The fourth-order valence-electron chi connectivity index (χ4n) is 2.39. The highest BCUT2D eigenvalue weighted by Crippen LogP contribution is 2.16. The smallest absolute Gasteiger partial charge is 0.0450 e. The zero-order valence-electron chi connectivity index (χ0n) is 11.2. The molecule has 0 radical (unpaired) electrons. The lowest BCUT2D eigenvalue weighted by Crippen LogP contribution is -2.37. The summed E-state index contributed by atoms with van der Waals surface area (Å²) in [5.74, 6) is 0.914. The van der Waals surface area contributed by atoms with Crippen LogP contribution in [-0.2, 0) is 6.54 Å². The second kappa shape index (κ2) is 7.13. The van der Waals surface area contributed by atoms with E-state index in [9.17, 15) is 0 Å². The van der Waals surface area contributed by atoms with Gasteiger partial charge in [0.05, 0.1) is 0 Å². The van der Waals surface area contributed by atoms with Crippen LogP contribution in [0.4, 0.5) is 0 Å². The van der Waals surface area contributed by atoms with Gasteiger partial charge in [-0.1, -0.05) is 36.7 Å². The molecule has 2 nitrogen and oxygen atoms in total. The van der Waals surface area contributed by atoms with Crippen molar-refractivity contribution in [2.75, 3.05) is 26.2 Å². The van der Waals surface area contributed by atoms with Crippen molar-refractivity contribution in [2.24, 2.45) is 5.92 Å². The molecule has 1 aliphatic heterocycles. The average molecular weight is 267 g/mol. The van der Waals surface area contributed by atoms with Crippen LogP contribution in [0.15, 0.2) is 24.3 Å². The van der Waals surface area contributed by atoms with Gasteiger partial charge in [-0.2, -0.15) is 0 Å². The third-order valence-electron chi connectivity index (χ3n) is 3.75. The molecule has 1 aromatic carbocycles. The summed E-state index contributed by atoms with van der Waals surface area (Å²) >= 11 is 6.12. The summed E-state index contributed by atoms with van der Waals surface area (Å²) in [5, 5.41) is 4.33. The largest absolute Gasteiger partial charge is 0.311 e. The summed E-state index contributed by atoms with van der Waals surface area (Å²) in [4.78, 5) is 2.56. The van der Waals surface area contributed by atoms with Crippen LogP contribution in [0.25, 0.3) is 0 Å². The van der Waals surface area contributed by atoms with E-state index >= 15 is 0 Å². The zero-order chi connectivity index (χ0) is 12.8. The highest BCUT2D eigenvalue weighted by Gasteiger charge is 2.14. The number of halogens is 1. The third-order valence-corrected chi connectivity index (χ3v) is 4.12. The maximum absolute atomic E-state index is 6.12. The molecule has 1 fully saturated rings. The van der Waals surface area contributed by atoms with Crippen LogP contribution in [0.3, 0.4) is 0 Å². The van der Waals surface area contributed by atoms with Crippen molar-refractivity contribution >= 4 is 11.6 Å². The van der Waals surface area contributed by atoms with E-state index in [0.29, 0.717) is 0 Å². The van der Waals surface area contributed by atoms with E-state index in [-0.39, 0.29) is 0 Å². The first-order valence-electron chi connectivity index (χ1n) is 6.92. The van der Waals surface area contributed by atoms with Crippen LogP contribution in [0.5, 0.6) is 0 Å². The average Bonchev–Trinajstić information content (AvgIpc) is 2.39. The number of rotatable bonds is 5. The highest BCUT2D eigenvalue weighted by molar-refractivity contribution is 6.31. The van der Waals surface area contributed by atoms with Crippen molar-refractivity contribution in [3.8, 4) is 0 Å². The Morgan fingerprint density at radius 3 is 2.72 bits per heavy atom. The van der Waals surface area contributed by atoms with Gasteiger partial charge in [-0.15, -0.1) is 0 Å². The summed E-state index contributed by atoms with van der Waals surface area (Å²) in [6.07, 6.45) is 2.70. The van der Waals surface area contributed by atoms with Gasteiger partial charge in [0, 0.05) is 24.7 Å². The highest BCUT2D eigenvalue weighted by atomic mass is 35.5. The van der Waals surface area contributed by atoms with Crippen LogP contribution in [-0.4, -0.2) is 31.1 Å². The second-order valence-electron chi connectivity index (χ2n) is 5.29. The number of hydrogen-bond donors (Lipinski definition) is 1. The normalized spacial score (nSPS) is 18.1. The molecule has 2 rings (SSSR count). The van der Waals surface area contributed by atoms with Gasteiger partial charge in [0.1, 0.15) is 0 Å². The minimum absolute atomic E-state index is 0.858. The molecule has 1 saturated heterocycles. The molecular formula is C15H23ClN2. The summed E-state index contributed by atoms with van der Waals surface area (Å²) in [6.45, 7) is 7.93. The van der Waals surface area contributed by atoms with Gasteiger partial charge >= 0.3 is 0 Å². The molecule has 18 heavy (non-hydrogen) atoms. The number of nitrogens with one attached hydrogen (secondary N) is 1. The van der Waals surface area contributed by atoms with Crippen LogP contribution in [0.1, 0.15) is 25.3 Å². The van der Waals surface area contributed by atoms with Crippen molar-refractivity contribution in [3.05, 3.63) is 34.9 Å². The van der Waals surface area contributed by atoms with Crippen LogP contribution < -0.4 is 5.32 Å². The Hall–Kier alpha value is -0.570. The quantitative estimate of drug-likeness (QED) is 0.824. The van der Waals surface area contributed by atoms with Gasteiger partial charge in [-0.05, 0) is 43.5 Å². The molecule has 0 unspecified atom stereocenters.